The van der Waals surface area contributed by atoms with E-state index < -0.39 is 0 Å². The van der Waals surface area contributed by atoms with Gasteiger partial charge in [-0.25, -0.2) is 4.68 Å². The van der Waals surface area contributed by atoms with E-state index in [4.69, 9.17) is 5.73 Å². The van der Waals surface area contributed by atoms with Gasteiger partial charge >= 0.3 is 0 Å². The van der Waals surface area contributed by atoms with E-state index in [-0.39, 0.29) is 12.4 Å². The molecule has 1 aliphatic rings. The third-order valence-corrected chi connectivity index (χ3v) is 3.60. The van der Waals surface area contributed by atoms with Crippen LogP contribution in [0.1, 0.15) is 24.6 Å². The van der Waals surface area contributed by atoms with Crippen molar-refractivity contribution in [2.45, 2.75) is 26.3 Å². The Morgan fingerprint density at radius 3 is 2.75 bits per heavy atom. The minimum absolute atomic E-state index is 0. The molecule has 0 saturated heterocycles. The molecule has 0 bridgehead atoms. The maximum absolute atomic E-state index is 6.27. The Balaban J connectivity index is 0.00000147. The highest BCUT2D eigenvalue weighted by Crippen LogP contribution is 2.26. The molecular weight excluding hydrogens is 274 g/mol. The molecule has 2 N–H and O–H groups in total. The summed E-state index contributed by atoms with van der Waals surface area (Å²) in [4.78, 5) is 6.47. The average Bonchev–Trinajstić information content (AvgIpc) is 2.78. The van der Waals surface area contributed by atoms with Gasteiger partial charge in [-0.2, -0.15) is 5.10 Å². The summed E-state index contributed by atoms with van der Waals surface area (Å²) in [6.07, 6.45) is 5.68. The van der Waals surface area contributed by atoms with Crippen LogP contribution in [0.5, 0.6) is 0 Å². The zero-order valence-electron chi connectivity index (χ0n) is 11.6. The number of hydrogen-bond acceptors (Lipinski definition) is 4. The first-order valence-corrected chi connectivity index (χ1v) is 6.78. The van der Waals surface area contributed by atoms with Crippen LogP contribution in [0, 0.1) is 0 Å². The van der Waals surface area contributed by atoms with Crippen molar-refractivity contribution in [3.8, 4) is 5.69 Å². The normalized spacial score (nSPS) is 14.7. The molecule has 1 aliphatic heterocycles. The van der Waals surface area contributed by atoms with Gasteiger partial charge < -0.3 is 5.73 Å². The van der Waals surface area contributed by atoms with Crippen molar-refractivity contribution in [2.75, 3.05) is 18.8 Å². The summed E-state index contributed by atoms with van der Waals surface area (Å²) < 4.78 is 1.84. The number of nitrogen functional groups attached to an aromatic ring is 1. The molecule has 2 aromatic rings. The Labute approximate surface area is 125 Å². The van der Waals surface area contributed by atoms with E-state index in [0.717, 1.165) is 43.3 Å². The lowest BCUT2D eigenvalue weighted by Gasteiger charge is -2.25. The van der Waals surface area contributed by atoms with Crippen LogP contribution in [0.25, 0.3) is 5.69 Å². The molecular formula is C14H20ClN5. The number of nitrogens with two attached hydrogens (primary N) is 1. The molecule has 0 unspecified atom stereocenters. The molecule has 0 aromatic carbocycles. The molecule has 0 fully saturated rings. The summed E-state index contributed by atoms with van der Waals surface area (Å²) >= 11 is 0. The highest BCUT2D eigenvalue weighted by Gasteiger charge is 2.23. The van der Waals surface area contributed by atoms with Gasteiger partial charge in [-0.1, -0.05) is 6.92 Å². The van der Waals surface area contributed by atoms with Crippen molar-refractivity contribution < 1.29 is 0 Å². The van der Waals surface area contributed by atoms with Gasteiger partial charge in [-0.15, -0.1) is 12.4 Å². The first kappa shape index (κ1) is 14.8. The second-order valence-electron chi connectivity index (χ2n) is 4.95. The smallest absolute Gasteiger partial charge is 0.132 e. The molecule has 0 saturated carbocycles. The van der Waals surface area contributed by atoms with Gasteiger partial charge in [0.05, 0.1) is 11.4 Å². The monoisotopic (exact) mass is 293 g/mol. The molecule has 2 aromatic heterocycles. The van der Waals surface area contributed by atoms with Crippen LogP contribution in [0.3, 0.4) is 0 Å². The lowest BCUT2D eigenvalue weighted by molar-refractivity contribution is 0.254. The van der Waals surface area contributed by atoms with Gasteiger partial charge in [0.25, 0.3) is 0 Å². The minimum Gasteiger partial charge on any atom is -0.383 e. The molecule has 3 rings (SSSR count). The molecule has 3 heterocycles. The maximum atomic E-state index is 6.27. The molecule has 108 valence electrons. The number of halogens is 1. The fourth-order valence-electron chi connectivity index (χ4n) is 2.64. The first-order chi connectivity index (χ1) is 9.29. The van der Waals surface area contributed by atoms with Crippen LogP contribution >= 0.6 is 12.4 Å². The number of rotatable bonds is 3. The molecule has 0 spiro atoms. The number of nitrogens with zero attached hydrogens (tertiary/aromatic N) is 4. The van der Waals surface area contributed by atoms with Gasteiger partial charge in [0.15, 0.2) is 0 Å². The zero-order valence-corrected chi connectivity index (χ0v) is 12.4. The summed E-state index contributed by atoms with van der Waals surface area (Å²) in [5, 5.41) is 4.65. The predicted octanol–water partition coefficient (Wildman–Crippen LogP) is 2.04. The van der Waals surface area contributed by atoms with Gasteiger partial charge in [0.2, 0.25) is 0 Å². The Bertz CT molecular complexity index is 566. The molecule has 0 atom stereocenters. The van der Waals surface area contributed by atoms with Gasteiger partial charge in [0, 0.05) is 37.5 Å². The highest BCUT2D eigenvalue weighted by molar-refractivity contribution is 5.85. The Hall–Kier alpha value is -1.59. The Kier molecular flexibility index (Phi) is 4.62. The highest BCUT2D eigenvalue weighted by atomic mass is 35.5. The lowest BCUT2D eigenvalue weighted by Crippen LogP contribution is -2.31. The van der Waals surface area contributed by atoms with Crippen molar-refractivity contribution >= 4 is 18.2 Å². The number of aromatic nitrogens is 3. The van der Waals surface area contributed by atoms with Crippen LogP contribution in [-0.4, -0.2) is 32.8 Å². The van der Waals surface area contributed by atoms with Crippen molar-refractivity contribution in [2.24, 2.45) is 0 Å². The SMILES string of the molecule is CCCN1CCc2nn(-c3ccncc3)c(N)c2C1.Cl. The lowest BCUT2D eigenvalue weighted by atomic mass is 10.1. The summed E-state index contributed by atoms with van der Waals surface area (Å²) in [6.45, 7) is 5.33. The van der Waals surface area contributed by atoms with E-state index in [2.05, 4.69) is 21.9 Å². The number of fused-ring (bicyclic) bond motifs is 1. The molecule has 20 heavy (non-hydrogen) atoms. The number of pyridine rings is 1. The molecule has 0 amide bonds. The third-order valence-electron chi connectivity index (χ3n) is 3.60. The van der Waals surface area contributed by atoms with E-state index in [1.165, 1.54) is 12.0 Å². The van der Waals surface area contributed by atoms with Crippen LogP contribution in [0.15, 0.2) is 24.5 Å². The number of anilines is 1. The minimum atomic E-state index is 0. The van der Waals surface area contributed by atoms with Crippen LogP contribution < -0.4 is 5.73 Å². The van der Waals surface area contributed by atoms with E-state index in [1.807, 2.05) is 16.8 Å². The first-order valence-electron chi connectivity index (χ1n) is 6.78. The van der Waals surface area contributed by atoms with Crippen LogP contribution in [-0.2, 0) is 13.0 Å². The van der Waals surface area contributed by atoms with Crippen molar-refractivity contribution in [3.05, 3.63) is 35.8 Å². The predicted molar refractivity (Wildman–Crippen MR) is 82.3 cm³/mol. The topological polar surface area (TPSA) is 60.0 Å². The summed E-state index contributed by atoms with van der Waals surface area (Å²) in [6, 6.07) is 3.86. The van der Waals surface area contributed by atoms with Crippen molar-refractivity contribution in [1.29, 1.82) is 0 Å². The van der Waals surface area contributed by atoms with E-state index in [0.29, 0.717) is 0 Å². The van der Waals surface area contributed by atoms with E-state index >= 15 is 0 Å². The second-order valence-corrected chi connectivity index (χ2v) is 4.95. The molecule has 0 aliphatic carbocycles. The van der Waals surface area contributed by atoms with E-state index in [9.17, 15) is 0 Å². The third kappa shape index (κ3) is 2.64. The quantitative estimate of drug-likeness (QED) is 0.941. The molecule has 0 radical (unpaired) electrons. The maximum Gasteiger partial charge on any atom is 0.132 e. The average molecular weight is 294 g/mol. The van der Waals surface area contributed by atoms with Gasteiger partial charge in [0.1, 0.15) is 5.82 Å². The Morgan fingerprint density at radius 1 is 1.30 bits per heavy atom. The fraction of sp³-hybridized carbons (Fsp3) is 0.429. The molecule has 5 nitrogen and oxygen atoms in total. The summed E-state index contributed by atoms with van der Waals surface area (Å²) in [5.41, 5.74) is 9.58. The van der Waals surface area contributed by atoms with Crippen molar-refractivity contribution in [1.82, 2.24) is 19.7 Å². The summed E-state index contributed by atoms with van der Waals surface area (Å²) in [5.74, 6) is 0.766. The van der Waals surface area contributed by atoms with Crippen molar-refractivity contribution in [3.63, 3.8) is 0 Å². The largest absolute Gasteiger partial charge is 0.383 e. The van der Waals surface area contributed by atoms with Crippen LogP contribution in [0.4, 0.5) is 5.82 Å². The standard InChI is InChI=1S/C14H19N5.ClH/c1-2-8-18-9-5-13-12(10-18)14(15)19(17-13)11-3-6-16-7-4-11;/h3-4,6-7H,2,5,8-10,15H2,1H3;1H. The zero-order chi connectivity index (χ0) is 13.2. The second kappa shape index (κ2) is 6.24. The summed E-state index contributed by atoms with van der Waals surface area (Å²) in [7, 11) is 0. The molecule has 6 heteroatoms. The van der Waals surface area contributed by atoms with Gasteiger partial charge in [-0.05, 0) is 25.1 Å². The Morgan fingerprint density at radius 2 is 2.05 bits per heavy atom. The van der Waals surface area contributed by atoms with Crippen LogP contribution in [0.2, 0.25) is 0 Å². The van der Waals surface area contributed by atoms with E-state index in [1.54, 1.807) is 12.4 Å². The fourth-order valence-corrected chi connectivity index (χ4v) is 2.64. The number of hydrogen-bond donors (Lipinski definition) is 1. The van der Waals surface area contributed by atoms with Gasteiger partial charge in [-0.3, -0.25) is 9.88 Å².